The molecule has 0 aliphatic carbocycles. The van der Waals surface area contributed by atoms with Crippen molar-refractivity contribution < 1.29 is 9.53 Å². The predicted molar refractivity (Wildman–Crippen MR) is 66.2 cm³/mol. The van der Waals surface area contributed by atoms with Crippen molar-refractivity contribution in [2.24, 2.45) is 11.7 Å². The van der Waals surface area contributed by atoms with Crippen LogP contribution in [0.25, 0.3) is 0 Å². The van der Waals surface area contributed by atoms with E-state index in [1.165, 1.54) is 0 Å². The first-order valence-electron chi connectivity index (χ1n) is 6.20. The van der Waals surface area contributed by atoms with E-state index in [-0.39, 0.29) is 11.8 Å². The number of nitrogens with one attached hydrogen (secondary N) is 1. The molecule has 16 heavy (non-hydrogen) atoms. The summed E-state index contributed by atoms with van der Waals surface area (Å²) in [4.78, 5) is 11.4. The maximum absolute atomic E-state index is 11.4. The summed E-state index contributed by atoms with van der Waals surface area (Å²) >= 11 is 0. The summed E-state index contributed by atoms with van der Waals surface area (Å²) in [5.41, 5.74) is 5.70. The molecule has 0 aromatic rings. The van der Waals surface area contributed by atoms with Crippen LogP contribution in [0.1, 0.15) is 40.0 Å². The van der Waals surface area contributed by atoms with E-state index in [0.717, 1.165) is 25.9 Å². The molecule has 1 atom stereocenters. The van der Waals surface area contributed by atoms with Crippen LogP contribution < -0.4 is 11.1 Å². The smallest absolute Gasteiger partial charge is 0.237 e. The van der Waals surface area contributed by atoms with Gasteiger partial charge in [0.15, 0.2) is 0 Å². The molecule has 3 N–H and O–H groups in total. The van der Waals surface area contributed by atoms with Crippen LogP contribution in [-0.2, 0) is 9.53 Å². The van der Waals surface area contributed by atoms with E-state index in [2.05, 4.69) is 12.2 Å². The van der Waals surface area contributed by atoms with Crippen LogP contribution in [0.15, 0.2) is 0 Å². The van der Waals surface area contributed by atoms with E-state index in [9.17, 15) is 4.79 Å². The Morgan fingerprint density at radius 2 is 1.94 bits per heavy atom. The van der Waals surface area contributed by atoms with E-state index < -0.39 is 6.04 Å². The third-order valence-electron chi connectivity index (χ3n) is 2.43. The summed E-state index contributed by atoms with van der Waals surface area (Å²) in [6.45, 7) is 8.19. The van der Waals surface area contributed by atoms with Gasteiger partial charge in [-0.2, -0.15) is 0 Å². The van der Waals surface area contributed by atoms with Gasteiger partial charge in [-0.15, -0.1) is 0 Å². The largest absolute Gasteiger partial charge is 0.381 e. The normalized spacial score (nSPS) is 12.8. The number of carbonyl (C=O) groups excluding carboxylic acids is 1. The molecular formula is C12H26N2O2. The van der Waals surface area contributed by atoms with Crippen LogP contribution in [0, 0.1) is 5.92 Å². The topological polar surface area (TPSA) is 64.3 Å². The fourth-order valence-electron chi connectivity index (χ4n) is 1.15. The molecule has 0 aliphatic rings. The quantitative estimate of drug-likeness (QED) is 0.587. The molecule has 0 saturated carbocycles. The Bertz CT molecular complexity index is 184. The average Bonchev–Trinajstić information content (AvgIpc) is 2.26. The summed E-state index contributed by atoms with van der Waals surface area (Å²) < 4.78 is 5.38. The van der Waals surface area contributed by atoms with Gasteiger partial charge in [-0.1, -0.05) is 27.2 Å². The molecule has 0 fully saturated rings. The first-order chi connectivity index (χ1) is 7.59. The molecule has 0 aliphatic heterocycles. The number of hydrogen-bond acceptors (Lipinski definition) is 3. The predicted octanol–water partition coefficient (Wildman–Crippen LogP) is 1.29. The molecule has 0 bridgehead atoms. The van der Waals surface area contributed by atoms with Crippen LogP contribution >= 0.6 is 0 Å². The van der Waals surface area contributed by atoms with Gasteiger partial charge in [0.1, 0.15) is 0 Å². The molecule has 0 heterocycles. The number of amides is 1. The zero-order valence-corrected chi connectivity index (χ0v) is 10.8. The van der Waals surface area contributed by atoms with Gasteiger partial charge in [0.05, 0.1) is 6.04 Å². The molecule has 0 saturated heterocycles. The van der Waals surface area contributed by atoms with Gasteiger partial charge in [-0.05, 0) is 18.8 Å². The number of ether oxygens (including phenoxy) is 1. The zero-order valence-electron chi connectivity index (χ0n) is 10.8. The molecule has 96 valence electrons. The van der Waals surface area contributed by atoms with Gasteiger partial charge >= 0.3 is 0 Å². The minimum Gasteiger partial charge on any atom is -0.381 e. The van der Waals surface area contributed by atoms with Crippen molar-refractivity contribution in [1.29, 1.82) is 0 Å². The Labute approximate surface area is 98.9 Å². The van der Waals surface area contributed by atoms with Gasteiger partial charge in [0.25, 0.3) is 0 Å². The third-order valence-corrected chi connectivity index (χ3v) is 2.43. The van der Waals surface area contributed by atoms with Gasteiger partial charge < -0.3 is 15.8 Å². The number of carbonyl (C=O) groups is 1. The molecule has 4 heteroatoms. The minimum absolute atomic E-state index is 0.0661. The van der Waals surface area contributed by atoms with Crippen molar-refractivity contribution in [3.05, 3.63) is 0 Å². The van der Waals surface area contributed by atoms with Crippen LogP contribution in [0.5, 0.6) is 0 Å². The highest BCUT2D eigenvalue weighted by molar-refractivity contribution is 5.81. The Morgan fingerprint density at radius 3 is 2.50 bits per heavy atom. The number of unbranched alkanes of at least 4 members (excludes halogenated alkanes) is 1. The lowest BCUT2D eigenvalue weighted by Gasteiger charge is -2.15. The van der Waals surface area contributed by atoms with E-state index in [4.69, 9.17) is 10.5 Å². The van der Waals surface area contributed by atoms with Crippen molar-refractivity contribution in [3.8, 4) is 0 Å². The van der Waals surface area contributed by atoms with Crippen molar-refractivity contribution in [2.45, 2.75) is 46.1 Å². The first kappa shape index (κ1) is 15.4. The van der Waals surface area contributed by atoms with Crippen LogP contribution in [-0.4, -0.2) is 31.7 Å². The molecular weight excluding hydrogens is 204 g/mol. The van der Waals surface area contributed by atoms with E-state index in [1.807, 2.05) is 13.8 Å². The third kappa shape index (κ3) is 7.65. The summed E-state index contributed by atoms with van der Waals surface area (Å²) in [6, 6.07) is -0.402. The van der Waals surface area contributed by atoms with Crippen molar-refractivity contribution in [1.82, 2.24) is 5.32 Å². The van der Waals surface area contributed by atoms with Crippen molar-refractivity contribution in [3.63, 3.8) is 0 Å². The molecule has 4 nitrogen and oxygen atoms in total. The van der Waals surface area contributed by atoms with Crippen LogP contribution in [0.4, 0.5) is 0 Å². The molecule has 1 amide bonds. The Balaban J connectivity index is 3.34. The Kier molecular flexibility index (Phi) is 9.24. The summed E-state index contributed by atoms with van der Waals surface area (Å²) in [7, 11) is 0. The molecule has 0 radical (unpaired) electrons. The van der Waals surface area contributed by atoms with E-state index in [1.54, 1.807) is 0 Å². The van der Waals surface area contributed by atoms with Gasteiger partial charge in [0.2, 0.25) is 5.91 Å². The standard InChI is InChI=1S/C12H26N2O2/c1-4-5-8-16-9-6-7-14-12(15)11(13)10(2)3/h10-11H,4-9,13H2,1-3H3,(H,14,15). The SMILES string of the molecule is CCCCOCCCNC(=O)C(N)C(C)C. The Hall–Kier alpha value is -0.610. The highest BCUT2D eigenvalue weighted by Crippen LogP contribution is 1.97. The molecule has 0 aromatic carbocycles. The van der Waals surface area contributed by atoms with E-state index >= 15 is 0 Å². The first-order valence-corrected chi connectivity index (χ1v) is 6.20. The maximum atomic E-state index is 11.4. The monoisotopic (exact) mass is 230 g/mol. The number of rotatable bonds is 9. The fraction of sp³-hybridized carbons (Fsp3) is 0.917. The molecule has 1 unspecified atom stereocenters. The van der Waals surface area contributed by atoms with Crippen LogP contribution in [0.2, 0.25) is 0 Å². The lowest BCUT2D eigenvalue weighted by atomic mass is 10.1. The maximum Gasteiger partial charge on any atom is 0.237 e. The van der Waals surface area contributed by atoms with Gasteiger partial charge in [-0.25, -0.2) is 0 Å². The lowest BCUT2D eigenvalue weighted by molar-refractivity contribution is -0.123. The second-order valence-electron chi connectivity index (χ2n) is 4.38. The number of nitrogens with two attached hydrogens (primary N) is 1. The van der Waals surface area contributed by atoms with Gasteiger partial charge in [0, 0.05) is 19.8 Å². The minimum atomic E-state index is -0.402. The lowest BCUT2D eigenvalue weighted by Crippen LogP contribution is -2.44. The van der Waals surface area contributed by atoms with Gasteiger partial charge in [-0.3, -0.25) is 4.79 Å². The van der Waals surface area contributed by atoms with Crippen molar-refractivity contribution in [2.75, 3.05) is 19.8 Å². The highest BCUT2D eigenvalue weighted by atomic mass is 16.5. The van der Waals surface area contributed by atoms with Crippen molar-refractivity contribution >= 4 is 5.91 Å². The summed E-state index contributed by atoms with van der Waals surface area (Å²) in [6.07, 6.45) is 3.10. The second kappa shape index (κ2) is 9.60. The average molecular weight is 230 g/mol. The second-order valence-corrected chi connectivity index (χ2v) is 4.38. The zero-order chi connectivity index (χ0) is 12.4. The number of hydrogen-bond donors (Lipinski definition) is 2. The Morgan fingerprint density at radius 1 is 1.31 bits per heavy atom. The molecule has 0 spiro atoms. The molecule has 0 aromatic heterocycles. The highest BCUT2D eigenvalue weighted by Gasteiger charge is 2.15. The molecule has 0 rings (SSSR count). The van der Waals surface area contributed by atoms with E-state index in [0.29, 0.717) is 13.2 Å². The summed E-state index contributed by atoms with van der Waals surface area (Å²) in [5, 5.41) is 2.81. The van der Waals surface area contributed by atoms with Crippen LogP contribution in [0.3, 0.4) is 0 Å². The summed E-state index contributed by atoms with van der Waals surface area (Å²) in [5.74, 6) is 0.115. The fourth-order valence-corrected chi connectivity index (χ4v) is 1.15.